The molecule has 1 aliphatic heterocycles. The van der Waals surface area contributed by atoms with Crippen molar-refractivity contribution in [1.82, 2.24) is 4.90 Å². The lowest BCUT2D eigenvalue weighted by Crippen LogP contribution is -2.31. The van der Waals surface area contributed by atoms with Crippen LogP contribution in [0.2, 0.25) is 0 Å². The maximum Gasteiger partial charge on any atom is 0.264 e. The van der Waals surface area contributed by atoms with Gasteiger partial charge in [-0.05, 0) is 18.6 Å². The first-order valence-corrected chi connectivity index (χ1v) is 6.91. The fourth-order valence-electron chi connectivity index (χ4n) is 1.85. The second-order valence-corrected chi connectivity index (χ2v) is 5.52. The third-order valence-corrected chi connectivity index (χ3v) is 3.47. The molecule has 0 aromatic heterocycles. The molecule has 0 bridgehead atoms. The van der Waals surface area contributed by atoms with E-state index in [0.29, 0.717) is 11.1 Å². The molecular formula is C11H11NO5S. The second kappa shape index (κ2) is 4.51. The molecule has 1 aromatic rings. The fraction of sp³-hybridized carbons (Fsp3) is 0.273. The number of imide groups is 1. The highest BCUT2D eigenvalue weighted by Crippen LogP contribution is 2.22. The van der Waals surface area contributed by atoms with E-state index in [1.165, 1.54) is 0 Å². The number of nitrogens with zero attached hydrogens (tertiary/aromatic N) is 1. The average molecular weight is 269 g/mol. The van der Waals surface area contributed by atoms with E-state index in [0.717, 1.165) is 4.90 Å². The van der Waals surface area contributed by atoms with Crippen LogP contribution in [0.15, 0.2) is 24.3 Å². The summed E-state index contributed by atoms with van der Waals surface area (Å²) in [5.41, 5.74) is 0.656. The lowest BCUT2D eigenvalue weighted by molar-refractivity contribution is 0.0654. The van der Waals surface area contributed by atoms with Crippen molar-refractivity contribution in [2.75, 3.05) is 12.3 Å². The van der Waals surface area contributed by atoms with Gasteiger partial charge in [0.2, 0.25) is 0 Å². The number of fused-ring (bicyclic) bond motifs is 1. The average Bonchev–Trinajstić information content (AvgIpc) is 2.53. The molecule has 0 atom stereocenters. The maximum atomic E-state index is 11.9. The van der Waals surface area contributed by atoms with Gasteiger partial charge in [-0.15, -0.1) is 0 Å². The molecule has 6 nitrogen and oxygen atoms in total. The number of hydrogen-bond donors (Lipinski definition) is 1. The van der Waals surface area contributed by atoms with Crippen LogP contribution in [-0.4, -0.2) is 42.0 Å². The van der Waals surface area contributed by atoms with Gasteiger partial charge in [0.1, 0.15) is 0 Å². The van der Waals surface area contributed by atoms with Crippen molar-refractivity contribution in [3.05, 3.63) is 35.4 Å². The van der Waals surface area contributed by atoms with Crippen molar-refractivity contribution in [1.29, 1.82) is 0 Å². The van der Waals surface area contributed by atoms with Crippen LogP contribution < -0.4 is 0 Å². The number of benzene rings is 1. The summed E-state index contributed by atoms with van der Waals surface area (Å²) in [5.74, 6) is -1.32. The van der Waals surface area contributed by atoms with Gasteiger partial charge in [0.15, 0.2) is 0 Å². The van der Waals surface area contributed by atoms with E-state index < -0.39 is 27.7 Å². The Bertz CT molecular complexity index is 573. The second-order valence-electron chi connectivity index (χ2n) is 3.95. The van der Waals surface area contributed by atoms with E-state index in [1.54, 1.807) is 24.3 Å². The van der Waals surface area contributed by atoms with E-state index in [9.17, 15) is 18.0 Å². The Morgan fingerprint density at radius 3 is 2.00 bits per heavy atom. The third kappa shape index (κ3) is 2.41. The number of carbonyl (C=O) groups is 2. The molecule has 18 heavy (non-hydrogen) atoms. The van der Waals surface area contributed by atoms with E-state index in [-0.39, 0.29) is 13.0 Å². The molecule has 0 aliphatic carbocycles. The van der Waals surface area contributed by atoms with Gasteiger partial charge in [-0.3, -0.25) is 19.0 Å². The van der Waals surface area contributed by atoms with Gasteiger partial charge < -0.3 is 0 Å². The molecule has 0 spiro atoms. The van der Waals surface area contributed by atoms with E-state index >= 15 is 0 Å². The van der Waals surface area contributed by atoms with Gasteiger partial charge in [0, 0.05) is 6.54 Å². The topological polar surface area (TPSA) is 91.8 Å². The Hall–Kier alpha value is -1.73. The maximum absolute atomic E-state index is 11.9. The van der Waals surface area contributed by atoms with Crippen LogP contribution in [-0.2, 0) is 10.1 Å². The number of hydrogen-bond acceptors (Lipinski definition) is 4. The Morgan fingerprint density at radius 2 is 1.56 bits per heavy atom. The molecule has 0 fully saturated rings. The zero-order chi connectivity index (χ0) is 13.3. The van der Waals surface area contributed by atoms with Crippen LogP contribution >= 0.6 is 0 Å². The summed E-state index contributed by atoms with van der Waals surface area (Å²) in [6, 6.07) is 6.42. The van der Waals surface area contributed by atoms with Crippen LogP contribution in [0.25, 0.3) is 0 Å². The van der Waals surface area contributed by atoms with E-state index in [4.69, 9.17) is 4.55 Å². The highest BCUT2D eigenvalue weighted by molar-refractivity contribution is 7.85. The minimum absolute atomic E-state index is 0.0182. The summed E-state index contributed by atoms with van der Waals surface area (Å²) >= 11 is 0. The summed E-state index contributed by atoms with van der Waals surface area (Å²) in [5, 5.41) is 0. The predicted octanol–water partition coefficient (Wildman–Crippen LogP) is 0.560. The van der Waals surface area contributed by atoms with Crippen LogP contribution in [0.1, 0.15) is 27.1 Å². The molecule has 0 saturated carbocycles. The van der Waals surface area contributed by atoms with Crippen LogP contribution in [0.3, 0.4) is 0 Å². The summed E-state index contributed by atoms with van der Waals surface area (Å²) in [4.78, 5) is 24.7. The molecule has 96 valence electrons. The highest BCUT2D eigenvalue weighted by atomic mass is 32.2. The number of rotatable bonds is 4. The van der Waals surface area contributed by atoms with Gasteiger partial charge in [-0.25, -0.2) is 0 Å². The van der Waals surface area contributed by atoms with Crippen molar-refractivity contribution in [2.24, 2.45) is 0 Å². The molecule has 7 heteroatoms. The quantitative estimate of drug-likeness (QED) is 0.637. The Kier molecular flexibility index (Phi) is 3.18. The Balaban J connectivity index is 2.10. The van der Waals surface area contributed by atoms with Gasteiger partial charge in [0.05, 0.1) is 16.9 Å². The van der Waals surface area contributed by atoms with Crippen molar-refractivity contribution < 1.29 is 22.6 Å². The molecule has 2 amide bonds. The molecule has 1 aromatic carbocycles. The summed E-state index contributed by atoms with van der Waals surface area (Å²) in [6.45, 7) is -0.0217. The molecule has 0 saturated heterocycles. The zero-order valence-electron chi connectivity index (χ0n) is 9.37. The Morgan fingerprint density at radius 1 is 1.06 bits per heavy atom. The lowest BCUT2D eigenvalue weighted by Gasteiger charge is -2.12. The fourth-order valence-corrected chi connectivity index (χ4v) is 2.34. The van der Waals surface area contributed by atoms with Gasteiger partial charge >= 0.3 is 0 Å². The first-order chi connectivity index (χ1) is 8.40. The minimum atomic E-state index is -4.07. The van der Waals surface area contributed by atoms with Crippen molar-refractivity contribution in [3.8, 4) is 0 Å². The molecular weight excluding hydrogens is 258 g/mol. The van der Waals surface area contributed by atoms with Gasteiger partial charge in [-0.2, -0.15) is 8.42 Å². The molecule has 1 aliphatic rings. The van der Waals surface area contributed by atoms with Crippen LogP contribution in [0.4, 0.5) is 0 Å². The largest absolute Gasteiger partial charge is 0.286 e. The normalized spacial score (nSPS) is 15.1. The summed E-state index contributed by atoms with van der Waals surface area (Å²) < 4.78 is 29.7. The molecule has 0 radical (unpaired) electrons. The smallest absolute Gasteiger partial charge is 0.264 e. The molecule has 1 N–H and O–H groups in total. The Labute approximate surface area is 104 Å². The van der Waals surface area contributed by atoms with E-state index in [2.05, 4.69) is 0 Å². The number of amides is 2. The molecule has 0 unspecified atom stereocenters. The predicted molar refractivity (Wildman–Crippen MR) is 62.8 cm³/mol. The van der Waals surface area contributed by atoms with Crippen LogP contribution in [0.5, 0.6) is 0 Å². The van der Waals surface area contributed by atoms with Crippen molar-refractivity contribution in [2.45, 2.75) is 6.42 Å². The molecule has 1 heterocycles. The van der Waals surface area contributed by atoms with E-state index in [1.807, 2.05) is 0 Å². The van der Waals surface area contributed by atoms with Crippen molar-refractivity contribution >= 4 is 21.9 Å². The summed E-state index contributed by atoms with van der Waals surface area (Å²) in [7, 11) is -4.07. The SMILES string of the molecule is O=C1c2ccccc2C(=O)N1CCCS(=O)(=O)O. The van der Waals surface area contributed by atoms with Crippen LogP contribution in [0, 0.1) is 0 Å². The standard InChI is InChI=1S/C11H11NO5S/c13-10-8-4-1-2-5-9(8)11(14)12(10)6-3-7-18(15,16)17/h1-2,4-5H,3,6-7H2,(H,15,16,17). The summed E-state index contributed by atoms with van der Waals surface area (Å²) in [6.07, 6.45) is 0.0182. The first-order valence-electron chi connectivity index (χ1n) is 5.30. The molecule has 2 rings (SSSR count). The monoisotopic (exact) mass is 269 g/mol. The van der Waals surface area contributed by atoms with Gasteiger partial charge in [-0.1, -0.05) is 12.1 Å². The first kappa shape index (κ1) is 12.7. The minimum Gasteiger partial charge on any atom is -0.286 e. The zero-order valence-corrected chi connectivity index (χ0v) is 10.2. The lowest BCUT2D eigenvalue weighted by atomic mass is 10.1. The van der Waals surface area contributed by atoms with Crippen molar-refractivity contribution in [3.63, 3.8) is 0 Å². The number of carbonyl (C=O) groups excluding carboxylic acids is 2. The van der Waals surface area contributed by atoms with Gasteiger partial charge in [0.25, 0.3) is 21.9 Å². The third-order valence-electron chi connectivity index (χ3n) is 2.66. The highest BCUT2D eigenvalue weighted by Gasteiger charge is 2.34.